The van der Waals surface area contributed by atoms with Crippen LogP contribution in [0.25, 0.3) is 11.8 Å². The third-order valence-electron chi connectivity index (χ3n) is 4.91. The molecule has 7 nitrogen and oxygen atoms in total. The van der Waals surface area contributed by atoms with Gasteiger partial charge in [0.05, 0.1) is 31.6 Å². The SMILES string of the molecule is COc1ccc(OC)c(-n2cc(C=C(F)B3OC(C)(C)C(C)(C)O3)nn2)c1. The van der Waals surface area contributed by atoms with E-state index in [4.69, 9.17) is 18.8 Å². The molecule has 1 aromatic carbocycles. The number of nitrogens with zero attached hydrogens (tertiary/aromatic N) is 3. The largest absolute Gasteiger partial charge is 0.525 e. The van der Waals surface area contributed by atoms with Crippen molar-refractivity contribution in [1.82, 2.24) is 15.0 Å². The zero-order chi connectivity index (χ0) is 19.8. The summed E-state index contributed by atoms with van der Waals surface area (Å²) in [6.07, 6.45) is 2.83. The summed E-state index contributed by atoms with van der Waals surface area (Å²) in [5.74, 6) is 1.23. The number of benzene rings is 1. The van der Waals surface area contributed by atoms with Crippen molar-refractivity contribution < 1.29 is 23.2 Å². The van der Waals surface area contributed by atoms with Crippen molar-refractivity contribution in [2.24, 2.45) is 0 Å². The second kappa shape index (κ2) is 6.97. The van der Waals surface area contributed by atoms with Gasteiger partial charge in [0.2, 0.25) is 0 Å². The van der Waals surface area contributed by atoms with Crippen LogP contribution < -0.4 is 9.47 Å². The lowest BCUT2D eigenvalue weighted by molar-refractivity contribution is 0.00578. The fraction of sp³-hybridized carbons (Fsp3) is 0.444. The van der Waals surface area contributed by atoms with Gasteiger partial charge in [0.25, 0.3) is 0 Å². The summed E-state index contributed by atoms with van der Waals surface area (Å²) in [5, 5.41) is 8.04. The topological polar surface area (TPSA) is 67.6 Å². The van der Waals surface area contributed by atoms with Crippen LogP contribution in [0.5, 0.6) is 11.5 Å². The molecule has 2 heterocycles. The van der Waals surface area contributed by atoms with Gasteiger partial charge in [-0.15, -0.1) is 5.10 Å². The maximum Gasteiger partial charge on any atom is 0.525 e. The molecule has 0 aliphatic carbocycles. The van der Waals surface area contributed by atoms with Crippen molar-refractivity contribution in [2.45, 2.75) is 38.9 Å². The molecule has 0 saturated carbocycles. The molecule has 1 aliphatic rings. The fourth-order valence-corrected chi connectivity index (χ4v) is 2.60. The van der Waals surface area contributed by atoms with Gasteiger partial charge in [-0.05, 0) is 45.9 Å². The Hall–Kier alpha value is -2.39. The first-order valence-corrected chi connectivity index (χ1v) is 8.54. The van der Waals surface area contributed by atoms with Crippen LogP contribution in [0.15, 0.2) is 30.1 Å². The minimum Gasteiger partial charge on any atom is -0.497 e. The molecule has 0 unspecified atom stereocenters. The van der Waals surface area contributed by atoms with Gasteiger partial charge in [-0.25, -0.2) is 9.07 Å². The summed E-state index contributed by atoms with van der Waals surface area (Å²) in [7, 11) is 2.05. The highest BCUT2D eigenvalue weighted by molar-refractivity contribution is 6.54. The standard InChI is InChI=1S/C18H23BFN3O4/c1-17(2)18(3,4)27-19(26-17)16(20)9-12-11-23(22-21-12)14-10-13(24-5)7-8-15(14)25-6/h7-11H,1-6H3. The molecule has 2 aromatic rings. The number of hydrogen-bond acceptors (Lipinski definition) is 6. The third kappa shape index (κ3) is 3.70. The Kier molecular flexibility index (Phi) is 5.01. The maximum atomic E-state index is 14.6. The van der Waals surface area contributed by atoms with Crippen molar-refractivity contribution in [1.29, 1.82) is 0 Å². The van der Waals surface area contributed by atoms with Gasteiger partial charge in [0.15, 0.2) is 0 Å². The van der Waals surface area contributed by atoms with E-state index < -0.39 is 24.0 Å². The van der Waals surface area contributed by atoms with E-state index in [1.165, 1.54) is 10.8 Å². The lowest BCUT2D eigenvalue weighted by atomic mass is 9.87. The molecule has 27 heavy (non-hydrogen) atoms. The van der Waals surface area contributed by atoms with E-state index in [9.17, 15) is 4.39 Å². The third-order valence-corrected chi connectivity index (χ3v) is 4.91. The van der Waals surface area contributed by atoms with Crippen LogP contribution in [0.4, 0.5) is 4.39 Å². The highest BCUT2D eigenvalue weighted by atomic mass is 19.1. The van der Waals surface area contributed by atoms with Gasteiger partial charge in [-0.3, -0.25) is 0 Å². The summed E-state index contributed by atoms with van der Waals surface area (Å²) in [5.41, 5.74) is -0.853. The Morgan fingerprint density at radius 3 is 2.41 bits per heavy atom. The van der Waals surface area contributed by atoms with E-state index >= 15 is 0 Å². The van der Waals surface area contributed by atoms with Gasteiger partial charge < -0.3 is 18.8 Å². The Morgan fingerprint density at radius 1 is 1.15 bits per heavy atom. The summed E-state index contributed by atoms with van der Waals surface area (Å²) in [6, 6.07) is 5.29. The van der Waals surface area contributed by atoms with Crippen molar-refractivity contribution in [2.75, 3.05) is 14.2 Å². The van der Waals surface area contributed by atoms with Gasteiger partial charge in [0, 0.05) is 6.07 Å². The van der Waals surface area contributed by atoms with Gasteiger partial charge in [0.1, 0.15) is 28.6 Å². The predicted molar refractivity (Wildman–Crippen MR) is 99.6 cm³/mol. The maximum absolute atomic E-state index is 14.6. The minimum atomic E-state index is -1.08. The molecule has 9 heteroatoms. The normalized spacial score (nSPS) is 18.6. The minimum absolute atomic E-state index is 0.326. The molecule has 0 bridgehead atoms. The molecule has 0 atom stereocenters. The van der Waals surface area contributed by atoms with Crippen LogP contribution in [-0.2, 0) is 9.31 Å². The summed E-state index contributed by atoms with van der Waals surface area (Å²) >= 11 is 0. The smallest absolute Gasteiger partial charge is 0.497 e. The van der Waals surface area contributed by atoms with E-state index in [2.05, 4.69) is 10.3 Å². The van der Waals surface area contributed by atoms with E-state index in [0.29, 0.717) is 22.9 Å². The Bertz CT molecular complexity index is 850. The highest BCUT2D eigenvalue weighted by Crippen LogP contribution is 2.39. The monoisotopic (exact) mass is 375 g/mol. The first-order valence-electron chi connectivity index (χ1n) is 8.54. The molecular formula is C18H23BFN3O4. The Balaban J connectivity index is 1.86. The van der Waals surface area contributed by atoms with Gasteiger partial charge >= 0.3 is 7.12 Å². The van der Waals surface area contributed by atoms with Crippen LogP contribution in [0.2, 0.25) is 0 Å². The second-order valence-electron chi connectivity index (χ2n) is 7.24. The number of aromatic nitrogens is 3. The van der Waals surface area contributed by atoms with E-state index in [1.807, 2.05) is 27.7 Å². The zero-order valence-electron chi connectivity index (χ0n) is 16.3. The van der Waals surface area contributed by atoms with Crippen LogP contribution in [-0.4, -0.2) is 47.5 Å². The van der Waals surface area contributed by atoms with Crippen LogP contribution in [0.1, 0.15) is 33.4 Å². The molecule has 3 rings (SSSR count). The molecule has 0 amide bonds. The molecular weight excluding hydrogens is 352 g/mol. The average molecular weight is 375 g/mol. The van der Waals surface area contributed by atoms with Gasteiger partial charge in [-0.1, -0.05) is 5.21 Å². The van der Waals surface area contributed by atoms with Crippen LogP contribution in [0.3, 0.4) is 0 Å². The molecule has 0 N–H and O–H groups in total. The lowest BCUT2D eigenvalue weighted by Crippen LogP contribution is -2.41. The van der Waals surface area contributed by atoms with Crippen molar-refractivity contribution >= 4 is 13.2 Å². The van der Waals surface area contributed by atoms with Crippen molar-refractivity contribution in [3.05, 3.63) is 35.8 Å². The van der Waals surface area contributed by atoms with Crippen molar-refractivity contribution in [3.63, 3.8) is 0 Å². The van der Waals surface area contributed by atoms with E-state index in [0.717, 1.165) is 0 Å². The zero-order valence-corrected chi connectivity index (χ0v) is 16.3. The molecule has 1 saturated heterocycles. The summed E-state index contributed by atoms with van der Waals surface area (Å²) in [4.78, 5) is 0. The summed E-state index contributed by atoms with van der Waals surface area (Å²) < 4.78 is 38.1. The fourth-order valence-electron chi connectivity index (χ4n) is 2.60. The molecule has 1 fully saturated rings. The molecule has 0 radical (unpaired) electrons. The number of methoxy groups -OCH3 is 2. The molecule has 0 spiro atoms. The number of halogens is 1. The quantitative estimate of drug-likeness (QED) is 0.748. The molecule has 144 valence electrons. The lowest BCUT2D eigenvalue weighted by Gasteiger charge is -2.32. The second-order valence-corrected chi connectivity index (χ2v) is 7.24. The Labute approximate surface area is 158 Å². The van der Waals surface area contributed by atoms with E-state index in [1.54, 1.807) is 38.6 Å². The van der Waals surface area contributed by atoms with Crippen LogP contribution in [0, 0.1) is 0 Å². The average Bonchev–Trinajstić information content (AvgIpc) is 3.16. The molecule has 1 aromatic heterocycles. The van der Waals surface area contributed by atoms with Gasteiger partial charge in [-0.2, -0.15) is 0 Å². The van der Waals surface area contributed by atoms with Crippen LogP contribution >= 0.6 is 0 Å². The van der Waals surface area contributed by atoms with E-state index in [-0.39, 0.29) is 0 Å². The molecule has 1 aliphatic heterocycles. The first-order chi connectivity index (χ1) is 12.7. The predicted octanol–water partition coefficient (Wildman–Crippen LogP) is 3.23. The highest BCUT2D eigenvalue weighted by Gasteiger charge is 2.53. The Morgan fingerprint density at radius 2 is 1.81 bits per heavy atom. The first kappa shape index (κ1) is 19.4. The van der Waals surface area contributed by atoms with Crippen molar-refractivity contribution in [3.8, 4) is 17.2 Å². The number of hydrogen-bond donors (Lipinski definition) is 0. The summed E-state index contributed by atoms with van der Waals surface area (Å²) in [6.45, 7) is 7.47. The number of ether oxygens (including phenoxy) is 2. The number of rotatable bonds is 5.